The van der Waals surface area contributed by atoms with Gasteiger partial charge in [-0.15, -0.1) is 16.9 Å². The number of fused-ring (bicyclic) bond motifs is 1. The van der Waals surface area contributed by atoms with E-state index in [1.807, 2.05) is 0 Å². The van der Waals surface area contributed by atoms with Crippen molar-refractivity contribution in [2.24, 2.45) is 0 Å². The molecule has 2 aliphatic rings. The Hall–Kier alpha value is -2.10. The highest BCUT2D eigenvalue weighted by molar-refractivity contribution is 8.01. The number of carbonyl (C=O) groups excluding carboxylic acids is 1. The molecule has 3 rings (SSSR count). The van der Waals surface area contributed by atoms with Gasteiger partial charge in [0.2, 0.25) is 5.91 Å². The molecule has 2 aliphatic heterocycles. The van der Waals surface area contributed by atoms with Crippen molar-refractivity contribution in [1.82, 2.24) is 19.9 Å². The molecule has 0 aliphatic carbocycles. The first kappa shape index (κ1) is 13.9. The number of carboxylic acids is 2. The van der Waals surface area contributed by atoms with E-state index in [0.29, 0.717) is 6.42 Å². The van der Waals surface area contributed by atoms with Gasteiger partial charge in [-0.3, -0.25) is 9.48 Å². The van der Waals surface area contributed by atoms with Gasteiger partial charge in [-0.1, -0.05) is 5.21 Å². The van der Waals surface area contributed by atoms with E-state index in [1.165, 1.54) is 27.5 Å². The van der Waals surface area contributed by atoms with Gasteiger partial charge < -0.3 is 15.1 Å². The molecule has 0 aromatic carbocycles. The number of nitrogens with zero attached hydrogens (tertiary/aromatic N) is 4. The van der Waals surface area contributed by atoms with Gasteiger partial charge in [-0.05, 0) is 6.92 Å². The summed E-state index contributed by atoms with van der Waals surface area (Å²) in [6.45, 7) is 1.90. The number of β-lactam (4-membered cyclic amide) rings is 1. The Bertz CT molecular complexity index is 646. The monoisotopic (exact) mass is 312 g/mol. The quantitative estimate of drug-likeness (QED) is 0.712. The molecule has 1 amide bonds. The molecule has 0 unspecified atom stereocenters. The highest BCUT2D eigenvalue weighted by Crippen LogP contribution is 2.51. The molecule has 2 fully saturated rings. The van der Waals surface area contributed by atoms with Crippen LogP contribution in [-0.4, -0.2) is 64.1 Å². The molecule has 2 N–H and O–H groups in total. The van der Waals surface area contributed by atoms with Crippen molar-refractivity contribution in [1.29, 1.82) is 0 Å². The molecule has 0 saturated carbocycles. The maximum absolute atomic E-state index is 11.6. The highest BCUT2D eigenvalue weighted by atomic mass is 32.2. The third-order valence-corrected chi connectivity index (χ3v) is 5.23. The number of carboxylic acid groups (broad SMARTS) is 2. The van der Waals surface area contributed by atoms with Crippen molar-refractivity contribution >= 4 is 29.6 Å². The number of carbonyl (C=O) groups is 3. The van der Waals surface area contributed by atoms with E-state index in [9.17, 15) is 19.5 Å². The second kappa shape index (κ2) is 4.45. The molecule has 2 saturated heterocycles. The first-order chi connectivity index (χ1) is 9.82. The summed E-state index contributed by atoms with van der Waals surface area (Å²) in [7, 11) is 0. The molecule has 0 spiro atoms. The normalized spacial score (nSPS) is 30.9. The summed E-state index contributed by atoms with van der Waals surface area (Å²) in [4.78, 5) is 35.3. The first-order valence-electron chi connectivity index (χ1n) is 6.17. The van der Waals surface area contributed by atoms with Crippen LogP contribution in [0.15, 0.2) is 6.20 Å². The number of thioether (sulfide) groups is 1. The fraction of sp³-hybridized carbons (Fsp3) is 0.545. The predicted octanol–water partition coefficient (Wildman–Crippen LogP) is -0.507. The number of amides is 1. The Morgan fingerprint density at radius 1 is 1.52 bits per heavy atom. The van der Waals surface area contributed by atoms with Crippen molar-refractivity contribution in [3.8, 4) is 0 Å². The van der Waals surface area contributed by atoms with Crippen LogP contribution in [-0.2, 0) is 16.1 Å². The second-order valence-electron chi connectivity index (χ2n) is 5.24. The number of aromatic nitrogens is 3. The van der Waals surface area contributed by atoms with Crippen LogP contribution in [0.25, 0.3) is 0 Å². The standard InChI is InChI=1S/C11H12N4O5S/c1-11(4-14-3-5(9(17)18)12-13-14)8(10(19)20)15-6(16)2-7(15)21-11/h3,7-8H,2,4H2,1H3,(H,17,18)(H,19,20)/t7-,8-,11-/m0/s1. The van der Waals surface area contributed by atoms with Gasteiger partial charge in [0.1, 0.15) is 6.04 Å². The van der Waals surface area contributed by atoms with Crippen molar-refractivity contribution in [3.63, 3.8) is 0 Å². The molecule has 1 aromatic heterocycles. The van der Waals surface area contributed by atoms with Crippen LogP contribution in [0.3, 0.4) is 0 Å². The fourth-order valence-corrected chi connectivity index (χ4v) is 4.53. The molecule has 3 heterocycles. The van der Waals surface area contributed by atoms with E-state index >= 15 is 0 Å². The summed E-state index contributed by atoms with van der Waals surface area (Å²) >= 11 is 1.40. The summed E-state index contributed by atoms with van der Waals surface area (Å²) < 4.78 is 0.523. The minimum atomic E-state index is -1.20. The third kappa shape index (κ3) is 2.06. The number of aromatic carboxylic acids is 1. The van der Waals surface area contributed by atoms with Crippen molar-refractivity contribution in [2.45, 2.75) is 36.1 Å². The zero-order valence-corrected chi connectivity index (χ0v) is 11.8. The molecule has 0 bridgehead atoms. The Kier molecular flexibility index (Phi) is 2.94. The summed E-state index contributed by atoms with van der Waals surface area (Å²) in [5.41, 5.74) is -0.201. The average molecular weight is 312 g/mol. The van der Waals surface area contributed by atoms with E-state index in [-0.39, 0.29) is 23.5 Å². The Morgan fingerprint density at radius 2 is 2.24 bits per heavy atom. The largest absolute Gasteiger partial charge is 0.480 e. The smallest absolute Gasteiger partial charge is 0.358 e. The lowest BCUT2D eigenvalue weighted by molar-refractivity contribution is -0.157. The van der Waals surface area contributed by atoms with Gasteiger partial charge in [0.25, 0.3) is 0 Å². The minimum Gasteiger partial charge on any atom is -0.480 e. The Morgan fingerprint density at radius 3 is 2.76 bits per heavy atom. The summed E-state index contributed by atoms with van der Waals surface area (Å²) in [6.07, 6.45) is 1.59. The maximum Gasteiger partial charge on any atom is 0.358 e. The lowest BCUT2D eigenvalue weighted by atomic mass is 9.96. The lowest BCUT2D eigenvalue weighted by Gasteiger charge is -2.36. The number of hydrogen-bond donors (Lipinski definition) is 2. The number of aliphatic carboxylic acids is 1. The predicted molar refractivity (Wildman–Crippen MR) is 69.7 cm³/mol. The SMILES string of the molecule is C[C@@]1(Cn2cc(C(=O)O)nn2)S[C@H]2CC(=O)N2[C@H]1C(=O)O. The molecule has 10 heteroatoms. The van der Waals surface area contributed by atoms with Gasteiger partial charge in [-0.2, -0.15) is 0 Å². The minimum absolute atomic E-state index is 0.133. The van der Waals surface area contributed by atoms with Gasteiger partial charge in [-0.25, -0.2) is 9.59 Å². The molecule has 3 atom stereocenters. The van der Waals surface area contributed by atoms with Gasteiger partial charge in [0.05, 0.1) is 29.3 Å². The molecular formula is C11H12N4O5S. The molecule has 1 aromatic rings. The van der Waals surface area contributed by atoms with E-state index in [0.717, 1.165) is 0 Å². The van der Waals surface area contributed by atoms with E-state index in [1.54, 1.807) is 6.92 Å². The average Bonchev–Trinajstić information content (AvgIpc) is 2.91. The summed E-state index contributed by atoms with van der Waals surface area (Å²) in [6, 6.07) is -0.953. The van der Waals surface area contributed by atoms with Crippen molar-refractivity contribution in [2.75, 3.05) is 0 Å². The first-order valence-corrected chi connectivity index (χ1v) is 7.05. The van der Waals surface area contributed by atoms with Crippen LogP contribution in [0.4, 0.5) is 0 Å². The Labute approximate surface area is 122 Å². The molecule has 21 heavy (non-hydrogen) atoms. The van der Waals surface area contributed by atoms with Crippen LogP contribution >= 0.6 is 11.8 Å². The maximum atomic E-state index is 11.6. The van der Waals surface area contributed by atoms with Crippen molar-refractivity contribution < 1.29 is 24.6 Å². The van der Waals surface area contributed by atoms with Crippen LogP contribution in [0, 0.1) is 0 Å². The van der Waals surface area contributed by atoms with Gasteiger partial charge in [0.15, 0.2) is 5.69 Å². The molecule has 112 valence electrons. The fourth-order valence-electron chi connectivity index (χ4n) is 2.78. The Balaban J connectivity index is 1.86. The van der Waals surface area contributed by atoms with E-state index < -0.39 is 22.7 Å². The number of rotatable bonds is 4. The van der Waals surface area contributed by atoms with Crippen molar-refractivity contribution in [3.05, 3.63) is 11.9 Å². The van der Waals surface area contributed by atoms with E-state index in [4.69, 9.17) is 5.11 Å². The molecule has 0 radical (unpaired) electrons. The lowest BCUT2D eigenvalue weighted by Crippen LogP contribution is -2.58. The molecular weight excluding hydrogens is 300 g/mol. The van der Waals surface area contributed by atoms with Gasteiger partial charge in [0, 0.05) is 0 Å². The zero-order valence-electron chi connectivity index (χ0n) is 11.0. The third-order valence-electron chi connectivity index (χ3n) is 3.68. The summed E-state index contributed by atoms with van der Waals surface area (Å²) in [5, 5.41) is 25.3. The topological polar surface area (TPSA) is 126 Å². The highest BCUT2D eigenvalue weighted by Gasteiger charge is 2.60. The zero-order chi connectivity index (χ0) is 15.4. The van der Waals surface area contributed by atoms with Crippen LogP contribution in [0.2, 0.25) is 0 Å². The van der Waals surface area contributed by atoms with Crippen LogP contribution in [0.1, 0.15) is 23.8 Å². The number of hydrogen-bond acceptors (Lipinski definition) is 6. The van der Waals surface area contributed by atoms with Crippen LogP contribution in [0.5, 0.6) is 0 Å². The molecule has 9 nitrogen and oxygen atoms in total. The van der Waals surface area contributed by atoms with Gasteiger partial charge >= 0.3 is 11.9 Å². The second-order valence-corrected chi connectivity index (χ2v) is 6.95. The van der Waals surface area contributed by atoms with Crippen LogP contribution < -0.4 is 0 Å². The van der Waals surface area contributed by atoms with E-state index in [2.05, 4.69) is 10.3 Å². The summed E-state index contributed by atoms with van der Waals surface area (Å²) in [5.74, 6) is -2.44.